The number of nitrogens with zero attached hydrogens (tertiary/aromatic N) is 3. The molecule has 9 heteroatoms. The molecule has 4 aromatic carbocycles. The summed E-state index contributed by atoms with van der Waals surface area (Å²) in [5.74, 6) is 0.780. The number of hydrogen-bond acceptors (Lipinski definition) is 6. The van der Waals surface area contributed by atoms with Crippen molar-refractivity contribution in [2.24, 2.45) is 4.99 Å². The van der Waals surface area contributed by atoms with Crippen molar-refractivity contribution in [3.63, 3.8) is 0 Å². The van der Waals surface area contributed by atoms with Gasteiger partial charge in [-0.25, -0.2) is 4.79 Å². The van der Waals surface area contributed by atoms with Crippen molar-refractivity contribution in [3.05, 3.63) is 137 Å². The Bertz CT molecular complexity index is 1940. The summed E-state index contributed by atoms with van der Waals surface area (Å²) in [6, 6.07) is 37.0. The van der Waals surface area contributed by atoms with Crippen LogP contribution in [0.15, 0.2) is 129 Å². The van der Waals surface area contributed by atoms with Crippen LogP contribution in [0.4, 0.5) is 0 Å². The van der Waals surface area contributed by atoms with Gasteiger partial charge in [0.15, 0.2) is 5.76 Å². The highest BCUT2D eigenvalue weighted by Crippen LogP contribution is 2.32. The van der Waals surface area contributed by atoms with Crippen LogP contribution in [-0.2, 0) is 29.1 Å². The molecule has 3 heterocycles. The number of carbonyl (C=O) groups excluding carboxylic acids is 1. The second kappa shape index (κ2) is 15.1. The smallest absolute Gasteiger partial charge is 0.419 e. The highest BCUT2D eigenvalue weighted by molar-refractivity contribution is 6.39. The fourth-order valence-electron chi connectivity index (χ4n) is 6.53. The highest BCUT2D eigenvalue weighted by Gasteiger charge is 2.38. The molecule has 8 nitrogen and oxygen atoms in total. The lowest BCUT2D eigenvalue weighted by atomic mass is 9.99. The molecule has 2 bridgehead atoms. The van der Waals surface area contributed by atoms with E-state index in [1.54, 1.807) is 4.57 Å². The van der Waals surface area contributed by atoms with Gasteiger partial charge in [-0.3, -0.25) is 14.4 Å². The van der Waals surface area contributed by atoms with Gasteiger partial charge >= 0.3 is 5.76 Å². The first-order valence-corrected chi connectivity index (χ1v) is 17.2. The third-order valence-corrected chi connectivity index (χ3v) is 9.49. The number of aromatic nitrogens is 1. The third-order valence-electron chi connectivity index (χ3n) is 9.07. The number of alkyl halides is 1. The van der Waals surface area contributed by atoms with Crippen LogP contribution in [-0.4, -0.2) is 58.3 Å². The Morgan fingerprint density at radius 2 is 1.47 bits per heavy atom. The fraction of sp³-hybridized carbons (Fsp3) is 0.275. The summed E-state index contributed by atoms with van der Waals surface area (Å²) in [5, 5.41) is -0.345. The minimum atomic E-state index is -0.432. The normalized spacial score (nSPS) is 19.2. The van der Waals surface area contributed by atoms with Gasteiger partial charge in [0.05, 0.1) is 36.4 Å². The van der Waals surface area contributed by atoms with Crippen LogP contribution in [0, 0.1) is 0 Å². The lowest BCUT2D eigenvalue weighted by Gasteiger charge is -2.40. The van der Waals surface area contributed by atoms with Crippen molar-refractivity contribution in [2.75, 3.05) is 19.8 Å². The van der Waals surface area contributed by atoms with E-state index in [0.717, 1.165) is 33.7 Å². The molecule has 0 N–H and O–H groups in total. The Kier molecular flexibility index (Phi) is 10.1. The maximum atomic E-state index is 14.0. The summed E-state index contributed by atoms with van der Waals surface area (Å²) < 4.78 is 19.4. The summed E-state index contributed by atoms with van der Waals surface area (Å²) in [4.78, 5) is 33.9. The van der Waals surface area contributed by atoms with E-state index in [4.69, 9.17) is 30.5 Å². The van der Waals surface area contributed by atoms with Crippen LogP contribution in [0.3, 0.4) is 0 Å². The number of ether oxygens (including phenoxy) is 2. The van der Waals surface area contributed by atoms with Crippen LogP contribution >= 0.6 is 11.6 Å². The molecule has 1 fully saturated rings. The summed E-state index contributed by atoms with van der Waals surface area (Å²) in [6.45, 7) is 2.06. The maximum absolute atomic E-state index is 14.0. The van der Waals surface area contributed by atoms with Crippen molar-refractivity contribution in [1.29, 1.82) is 0 Å². The third kappa shape index (κ3) is 7.56. The van der Waals surface area contributed by atoms with Gasteiger partial charge in [0.2, 0.25) is 0 Å². The average molecular weight is 676 g/mol. The van der Waals surface area contributed by atoms with Gasteiger partial charge in [-0.1, -0.05) is 103 Å². The molecule has 0 aliphatic carbocycles. The Hall–Kier alpha value is -4.92. The van der Waals surface area contributed by atoms with E-state index >= 15 is 0 Å². The molecule has 1 aromatic heterocycles. The summed E-state index contributed by atoms with van der Waals surface area (Å²) in [7, 11) is 0. The standard InChI is InChI=1S/C40H38ClN3O5/c41-34-27-47-26-32(23-28-18-20-33(21-19-28)48-25-29-11-4-1-5-12-29)44-24-36(34)42-35(39(44)45)17-10-22-43-37(30-13-6-2-7-14-30)38(49-40(43)46)31-15-8-3-9-16-31/h1-9,11-16,18-21,32,34,36H,10,17,22-27H2/t32-,34-,36-/m0/s1. The number of oxazole rings is 1. The van der Waals surface area contributed by atoms with E-state index in [2.05, 4.69) is 0 Å². The minimum Gasteiger partial charge on any atom is -0.489 e. The van der Waals surface area contributed by atoms with Crippen molar-refractivity contribution in [1.82, 2.24) is 9.47 Å². The molecule has 2 aliphatic rings. The van der Waals surface area contributed by atoms with E-state index in [0.29, 0.717) is 63.6 Å². The zero-order valence-corrected chi connectivity index (χ0v) is 27.9. The van der Waals surface area contributed by atoms with Gasteiger partial charge in [-0.15, -0.1) is 11.6 Å². The van der Waals surface area contributed by atoms with E-state index in [1.807, 2.05) is 120 Å². The molecule has 49 heavy (non-hydrogen) atoms. The zero-order chi connectivity index (χ0) is 33.6. The summed E-state index contributed by atoms with van der Waals surface area (Å²) in [5.41, 5.74) is 5.11. The molecule has 0 unspecified atom stereocenters. The van der Waals surface area contributed by atoms with Crippen molar-refractivity contribution < 1.29 is 18.7 Å². The zero-order valence-electron chi connectivity index (χ0n) is 27.1. The first-order valence-electron chi connectivity index (χ1n) is 16.7. The van der Waals surface area contributed by atoms with Gasteiger partial charge < -0.3 is 18.8 Å². The Morgan fingerprint density at radius 3 is 2.18 bits per heavy atom. The predicted molar refractivity (Wildman–Crippen MR) is 191 cm³/mol. The Balaban J connectivity index is 1.05. The van der Waals surface area contributed by atoms with Crippen LogP contribution in [0.1, 0.15) is 24.0 Å². The van der Waals surface area contributed by atoms with Gasteiger partial charge in [-0.2, -0.15) is 0 Å². The Morgan fingerprint density at radius 1 is 0.796 bits per heavy atom. The van der Waals surface area contributed by atoms with Gasteiger partial charge in [-0.05, 0) is 42.5 Å². The van der Waals surface area contributed by atoms with Gasteiger partial charge in [0, 0.05) is 24.2 Å². The summed E-state index contributed by atoms with van der Waals surface area (Å²) in [6.07, 6.45) is 1.56. The van der Waals surface area contributed by atoms with Crippen molar-refractivity contribution >= 4 is 23.2 Å². The van der Waals surface area contributed by atoms with Gasteiger partial charge in [0.25, 0.3) is 5.91 Å². The molecule has 2 aliphatic heterocycles. The average Bonchev–Trinajstić information content (AvgIpc) is 3.47. The molecule has 0 radical (unpaired) electrons. The number of carbonyl (C=O) groups is 1. The first-order chi connectivity index (χ1) is 24.0. The van der Waals surface area contributed by atoms with Crippen LogP contribution in [0.5, 0.6) is 5.75 Å². The number of rotatable bonds is 11. The molecule has 3 atom stereocenters. The number of fused-ring (bicyclic) bond motifs is 2. The van der Waals surface area contributed by atoms with Crippen LogP contribution in [0.2, 0.25) is 0 Å². The van der Waals surface area contributed by atoms with E-state index in [9.17, 15) is 9.59 Å². The second-order valence-corrected chi connectivity index (χ2v) is 13.0. The number of benzene rings is 4. The molecule has 0 saturated carbocycles. The molecule has 5 aromatic rings. The largest absolute Gasteiger partial charge is 0.489 e. The van der Waals surface area contributed by atoms with E-state index < -0.39 is 5.76 Å². The fourth-order valence-corrected chi connectivity index (χ4v) is 6.76. The molecule has 1 amide bonds. The van der Waals surface area contributed by atoms with Crippen molar-refractivity contribution in [3.8, 4) is 28.3 Å². The second-order valence-electron chi connectivity index (χ2n) is 12.5. The molecule has 7 rings (SSSR count). The van der Waals surface area contributed by atoms with Crippen molar-refractivity contribution in [2.45, 2.75) is 49.9 Å². The predicted octanol–water partition coefficient (Wildman–Crippen LogP) is 7.04. The molecule has 0 spiro atoms. The monoisotopic (exact) mass is 675 g/mol. The minimum absolute atomic E-state index is 0.105. The van der Waals surface area contributed by atoms with Crippen LogP contribution < -0.4 is 10.5 Å². The van der Waals surface area contributed by atoms with Crippen LogP contribution in [0.25, 0.3) is 22.6 Å². The van der Waals surface area contributed by atoms with E-state index in [-0.39, 0.29) is 23.4 Å². The summed E-state index contributed by atoms with van der Waals surface area (Å²) >= 11 is 6.73. The highest BCUT2D eigenvalue weighted by atomic mass is 35.5. The lowest BCUT2D eigenvalue weighted by Crippen LogP contribution is -2.56. The molecule has 250 valence electrons. The Labute approximate surface area is 290 Å². The number of halogens is 1. The topological polar surface area (TPSA) is 86.3 Å². The lowest BCUT2D eigenvalue weighted by molar-refractivity contribution is -0.130. The maximum Gasteiger partial charge on any atom is 0.419 e. The van der Waals surface area contributed by atoms with Gasteiger partial charge in [0.1, 0.15) is 18.1 Å². The molecular weight excluding hydrogens is 638 g/mol. The number of hydrogen-bond donors (Lipinski definition) is 0. The molecular formula is C40H38ClN3O5. The SMILES string of the molecule is O=C1C(CCCn2c(-c3ccccc3)c(-c3ccccc3)oc2=O)=N[C@H]2CN1[C@@H](Cc1ccc(OCc3ccccc3)cc1)COC[C@@H]2Cl. The van der Waals surface area contributed by atoms with E-state index in [1.165, 1.54) is 0 Å². The quantitative estimate of drug-likeness (QED) is 0.140. The number of amides is 1. The number of aliphatic imine (C=N–C) groups is 1. The first kappa shape index (κ1) is 32.6. The molecule has 1 saturated heterocycles.